The number of phenols is 1. The Labute approximate surface area is 76.8 Å². The van der Waals surface area contributed by atoms with Gasteiger partial charge in [-0.1, -0.05) is 6.07 Å². The minimum absolute atomic E-state index is 0.197. The van der Waals surface area contributed by atoms with E-state index in [-0.39, 0.29) is 12.0 Å². The van der Waals surface area contributed by atoms with E-state index >= 15 is 0 Å². The van der Waals surface area contributed by atoms with Crippen LogP contribution in [0.4, 0.5) is 0 Å². The van der Waals surface area contributed by atoms with Gasteiger partial charge in [-0.2, -0.15) is 0 Å². The summed E-state index contributed by atoms with van der Waals surface area (Å²) >= 11 is 0. The SMILES string of the molecule is Oc1ccc2c(c1)[C@H]1CC[C@H]2[C@@H]1O. The standard InChI is InChI=1S/C11H12O2/c12-6-1-2-7-8-3-4-9(11(8)13)10(7)5-6/h1-2,5,8-9,11-13H,3-4H2/t8-,9-,11+/m1/s1. The second-order valence-electron chi connectivity index (χ2n) is 4.09. The summed E-state index contributed by atoms with van der Waals surface area (Å²) in [6, 6.07) is 5.48. The number of aliphatic hydroxyl groups excluding tert-OH is 1. The van der Waals surface area contributed by atoms with Crippen molar-refractivity contribution in [2.24, 2.45) is 0 Å². The number of phenolic OH excluding ortho intramolecular Hbond substituents is 1. The molecule has 2 heteroatoms. The Morgan fingerprint density at radius 3 is 2.54 bits per heavy atom. The van der Waals surface area contributed by atoms with Gasteiger partial charge in [-0.15, -0.1) is 0 Å². The average molecular weight is 176 g/mol. The van der Waals surface area contributed by atoms with Gasteiger partial charge >= 0.3 is 0 Å². The maximum atomic E-state index is 9.86. The van der Waals surface area contributed by atoms with Crippen LogP contribution >= 0.6 is 0 Å². The third-order valence-electron chi connectivity index (χ3n) is 3.48. The second-order valence-corrected chi connectivity index (χ2v) is 4.09. The Balaban J connectivity index is 2.19. The number of fused-ring (bicyclic) bond motifs is 5. The fourth-order valence-corrected chi connectivity index (χ4v) is 2.88. The molecule has 3 rings (SSSR count). The molecule has 1 saturated carbocycles. The molecule has 3 atom stereocenters. The molecule has 0 spiro atoms. The molecule has 2 N–H and O–H groups in total. The molecule has 2 bridgehead atoms. The van der Waals surface area contributed by atoms with Gasteiger partial charge in [0.1, 0.15) is 5.75 Å². The van der Waals surface area contributed by atoms with Gasteiger partial charge in [0, 0.05) is 11.8 Å². The lowest BCUT2D eigenvalue weighted by molar-refractivity contribution is 0.159. The van der Waals surface area contributed by atoms with Crippen molar-refractivity contribution in [3.8, 4) is 5.75 Å². The monoisotopic (exact) mass is 176 g/mol. The third-order valence-corrected chi connectivity index (χ3v) is 3.48. The lowest BCUT2D eigenvalue weighted by Gasteiger charge is -2.13. The quantitative estimate of drug-likeness (QED) is 0.632. The third kappa shape index (κ3) is 0.814. The number of hydrogen-bond acceptors (Lipinski definition) is 2. The zero-order valence-electron chi connectivity index (χ0n) is 7.27. The molecule has 2 nitrogen and oxygen atoms in total. The Morgan fingerprint density at radius 2 is 1.77 bits per heavy atom. The first-order chi connectivity index (χ1) is 6.27. The number of benzene rings is 1. The van der Waals surface area contributed by atoms with Gasteiger partial charge in [0.15, 0.2) is 0 Å². The van der Waals surface area contributed by atoms with Crippen molar-refractivity contribution in [1.82, 2.24) is 0 Å². The molecule has 1 aromatic rings. The molecule has 0 unspecified atom stereocenters. The van der Waals surface area contributed by atoms with Crippen LogP contribution in [0.2, 0.25) is 0 Å². The first kappa shape index (κ1) is 7.39. The fraction of sp³-hybridized carbons (Fsp3) is 0.455. The number of rotatable bonds is 0. The molecule has 1 aromatic carbocycles. The van der Waals surface area contributed by atoms with E-state index in [1.165, 1.54) is 11.1 Å². The Morgan fingerprint density at radius 1 is 1.08 bits per heavy atom. The number of aromatic hydroxyl groups is 1. The lowest BCUT2D eigenvalue weighted by atomic mass is 9.92. The zero-order chi connectivity index (χ0) is 9.00. The molecule has 0 aliphatic heterocycles. The van der Waals surface area contributed by atoms with E-state index in [0.29, 0.717) is 11.7 Å². The summed E-state index contributed by atoms with van der Waals surface area (Å²) in [6.07, 6.45) is 1.98. The summed E-state index contributed by atoms with van der Waals surface area (Å²) in [7, 11) is 0. The van der Waals surface area contributed by atoms with E-state index in [0.717, 1.165) is 12.8 Å². The molecule has 0 heterocycles. The predicted molar refractivity (Wildman–Crippen MR) is 48.8 cm³/mol. The first-order valence-electron chi connectivity index (χ1n) is 4.78. The highest BCUT2D eigenvalue weighted by Gasteiger charge is 2.44. The van der Waals surface area contributed by atoms with E-state index in [1.807, 2.05) is 12.1 Å². The molecule has 0 saturated heterocycles. The highest BCUT2D eigenvalue weighted by atomic mass is 16.3. The summed E-state index contributed by atoms with van der Waals surface area (Å²) in [5, 5.41) is 19.2. The van der Waals surface area contributed by atoms with Gasteiger partial charge in [0.25, 0.3) is 0 Å². The summed E-state index contributed by atoms with van der Waals surface area (Å²) in [5.74, 6) is 0.936. The van der Waals surface area contributed by atoms with Crippen LogP contribution in [0.3, 0.4) is 0 Å². The molecule has 0 aromatic heterocycles. The molecule has 2 aliphatic rings. The maximum Gasteiger partial charge on any atom is 0.115 e. The van der Waals surface area contributed by atoms with Crippen molar-refractivity contribution in [1.29, 1.82) is 0 Å². The zero-order valence-corrected chi connectivity index (χ0v) is 7.27. The largest absolute Gasteiger partial charge is 0.508 e. The Kier molecular flexibility index (Phi) is 1.29. The summed E-state index contributed by atoms with van der Waals surface area (Å²) < 4.78 is 0. The van der Waals surface area contributed by atoms with Crippen molar-refractivity contribution < 1.29 is 10.2 Å². The Bertz CT molecular complexity index is 359. The van der Waals surface area contributed by atoms with Crippen LogP contribution < -0.4 is 0 Å². The van der Waals surface area contributed by atoms with Crippen molar-refractivity contribution in [2.45, 2.75) is 30.8 Å². The van der Waals surface area contributed by atoms with Gasteiger partial charge in [0.05, 0.1) is 6.10 Å². The van der Waals surface area contributed by atoms with Crippen molar-refractivity contribution in [2.75, 3.05) is 0 Å². The topological polar surface area (TPSA) is 40.5 Å². The van der Waals surface area contributed by atoms with Crippen molar-refractivity contribution in [3.05, 3.63) is 29.3 Å². The van der Waals surface area contributed by atoms with Gasteiger partial charge in [-0.3, -0.25) is 0 Å². The lowest BCUT2D eigenvalue weighted by Crippen LogP contribution is -2.08. The summed E-state index contributed by atoms with van der Waals surface area (Å²) in [5.41, 5.74) is 2.42. The van der Waals surface area contributed by atoms with Crippen LogP contribution in [0.5, 0.6) is 5.75 Å². The molecule has 0 radical (unpaired) electrons. The molecule has 13 heavy (non-hydrogen) atoms. The van der Waals surface area contributed by atoms with E-state index in [9.17, 15) is 10.2 Å². The smallest absolute Gasteiger partial charge is 0.115 e. The van der Waals surface area contributed by atoms with E-state index in [4.69, 9.17) is 0 Å². The first-order valence-corrected chi connectivity index (χ1v) is 4.78. The van der Waals surface area contributed by atoms with Gasteiger partial charge < -0.3 is 10.2 Å². The van der Waals surface area contributed by atoms with Gasteiger partial charge in [-0.05, 0) is 36.1 Å². The highest BCUT2D eigenvalue weighted by molar-refractivity contribution is 5.47. The van der Waals surface area contributed by atoms with E-state index < -0.39 is 0 Å². The van der Waals surface area contributed by atoms with E-state index in [2.05, 4.69) is 0 Å². The second kappa shape index (κ2) is 2.26. The van der Waals surface area contributed by atoms with Crippen molar-refractivity contribution in [3.63, 3.8) is 0 Å². The number of aliphatic hydroxyl groups is 1. The average Bonchev–Trinajstić information content (AvgIpc) is 2.59. The normalized spacial score (nSPS) is 35.0. The molecular formula is C11H12O2. The van der Waals surface area contributed by atoms with Crippen molar-refractivity contribution >= 4 is 0 Å². The van der Waals surface area contributed by atoms with Crippen LogP contribution in [0, 0.1) is 0 Å². The minimum Gasteiger partial charge on any atom is -0.508 e. The van der Waals surface area contributed by atoms with E-state index in [1.54, 1.807) is 6.07 Å². The maximum absolute atomic E-state index is 9.86. The molecular weight excluding hydrogens is 164 g/mol. The summed E-state index contributed by atoms with van der Waals surface area (Å²) in [6.45, 7) is 0. The van der Waals surface area contributed by atoms with Crippen LogP contribution in [0.25, 0.3) is 0 Å². The molecule has 1 fully saturated rings. The van der Waals surface area contributed by atoms with Gasteiger partial charge in [-0.25, -0.2) is 0 Å². The predicted octanol–water partition coefficient (Wildman–Crippen LogP) is 1.73. The van der Waals surface area contributed by atoms with Crippen LogP contribution in [0.15, 0.2) is 18.2 Å². The van der Waals surface area contributed by atoms with Crippen LogP contribution in [-0.2, 0) is 0 Å². The molecule has 0 amide bonds. The van der Waals surface area contributed by atoms with Crippen LogP contribution in [-0.4, -0.2) is 16.3 Å². The highest BCUT2D eigenvalue weighted by Crippen LogP contribution is 2.53. The molecule has 68 valence electrons. The minimum atomic E-state index is -0.197. The fourth-order valence-electron chi connectivity index (χ4n) is 2.88. The molecule has 2 aliphatic carbocycles. The summed E-state index contributed by atoms with van der Waals surface area (Å²) in [4.78, 5) is 0. The number of hydrogen-bond donors (Lipinski definition) is 2. The van der Waals surface area contributed by atoms with Gasteiger partial charge in [0.2, 0.25) is 0 Å². The Hall–Kier alpha value is -1.02. The van der Waals surface area contributed by atoms with Crippen LogP contribution in [0.1, 0.15) is 35.8 Å².